The maximum atomic E-state index is 13.0. The van der Waals surface area contributed by atoms with Gasteiger partial charge in [0.1, 0.15) is 0 Å². The summed E-state index contributed by atoms with van der Waals surface area (Å²) in [5, 5.41) is 8.24. The summed E-state index contributed by atoms with van der Waals surface area (Å²) in [6, 6.07) is 9.46. The number of nitrogens with zero attached hydrogens (tertiary/aromatic N) is 3. The molecule has 1 aromatic heterocycles. The Morgan fingerprint density at radius 2 is 1.83 bits per heavy atom. The van der Waals surface area contributed by atoms with Crippen LogP contribution in [0.3, 0.4) is 0 Å². The molecule has 3 heterocycles. The highest BCUT2D eigenvalue weighted by Gasteiger charge is 2.37. The first-order chi connectivity index (χ1) is 13.5. The molecule has 6 heteroatoms. The number of halogens is 1. The fourth-order valence-electron chi connectivity index (χ4n) is 4.87. The minimum Gasteiger partial charge on any atom is -0.335 e. The van der Waals surface area contributed by atoms with Crippen molar-refractivity contribution in [2.45, 2.75) is 71.5 Å². The highest BCUT2D eigenvalue weighted by atomic mass is 35.5. The molecule has 2 aromatic rings. The third-order valence-corrected chi connectivity index (χ3v) is 6.52. The number of rotatable bonds is 5. The molecule has 2 aliphatic heterocycles. The zero-order valence-electron chi connectivity index (χ0n) is 17.8. The second kappa shape index (κ2) is 9.31. The van der Waals surface area contributed by atoms with Gasteiger partial charge in [0, 0.05) is 30.7 Å². The molecule has 2 aliphatic rings. The Labute approximate surface area is 180 Å². The van der Waals surface area contributed by atoms with Crippen molar-refractivity contribution in [3.05, 3.63) is 52.3 Å². The number of hydrogen-bond acceptors (Lipinski definition) is 3. The highest BCUT2D eigenvalue weighted by molar-refractivity contribution is 5.85. The van der Waals surface area contributed by atoms with E-state index in [2.05, 4.69) is 59.9 Å². The largest absolute Gasteiger partial charge is 0.335 e. The van der Waals surface area contributed by atoms with Crippen LogP contribution in [0.25, 0.3) is 0 Å². The van der Waals surface area contributed by atoms with Gasteiger partial charge in [-0.3, -0.25) is 9.48 Å². The molecule has 1 amide bonds. The van der Waals surface area contributed by atoms with Gasteiger partial charge in [-0.25, -0.2) is 0 Å². The van der Waals surface area contributed by atoms with Crippen LogP contribution in [0.2, 0.25) is 0 Å². The number of aryl methyl sites for hydroxylation is 2. The van der Waals surface area contributed by atoms with Gasteiger partial charge in [-0.1, -0.05) is 29.8 Å². The van der Waals surface area contributed by atoms with Crippen LogP contribution in [0.5, 0.6) is 0 Å². The quantitative estimate of drug-likeness (QED) is 0.810. The lowest BCUT2D eigenvalue weighted by Crippen LogP contribution is -2.42. The molecule has 2 saturated heterocycles. The highest BCUT2D eigenvalue weighted by Crippen LogP contribution is 2.29. The van der Waals surface area contributed by atoms with Crippen LogP contribution in [0, 0.1) is 20.8 Å². The Balaban J connectivity index is 0.00000240. The molecule has 2 unspecified atom stereocenters. The van der Waals surface area contributed by atoms with E-state index < -0.39 is 0 Å². The number of amides is 1. The van der Waals surface area contributed by atoms with Crippen LogP contribution in [0.1, 0.15) is 53.8 Å². The summed E-state index contributed by atoms with van der Waals surface area (Å²) in [5.74, 6) is 0.321. The first kappa shape index (κ1) is 21.8. The molecule has 0 spiro atoms. The molecule has 0 radical (unpaired) electrons. The molecule has 1 N–H and O–H groups in total. The van der Waals surface area contributed by atoms with Crippen molar-refractivity contribution in [1.29, 1.82) is 0 Å². The summed E-state index contributed by atoms with van der Waals surface area (Å²) in [4.78, 5) is 15.2. The van der Waals surface area contributed by atoms with Gasteiger partial charge in [-0.15, -0.1) is 12.4 Å². The Morgan fingerprint density at radius 3 is 2.59 bits per heavy atom. The van der Waals surface area contributed by atoms with E-state index >= 15 is 0 Å². The maximum Gasteiger partial charge on any atom is 0.223 e. The van der Waals surface area contributed by atoms with Gasteiger partial charge in [-0.05, 0) is 64.1 Å². The standard InChI is InChI=1S/C23H32N4O.ClH/c1-16-4-6-19(7-5-16)15-26-18(3)22(17(2)25-26)10-11-23(28)27-20-8-9-21(27)14-24-13-12-20;/h4-7,20-21,24H,8-15H2,1-3H3;1H. The van der Waals surface area contributed by atoms with Crippen LogP contribution in [-0.2, 0) is 17.8 Å². The summed E-state index contributed by atoms with van der Waals surface area (Å²) in [7, 11) is 0. The topological polar surface area (TPSA) is 50.2 Å². The third kappa shape index (κ3) is 4.67. The van der Waals surface area contributed by atoms with Gasteiger partial charge >= 0.3 is 0 Å². The normalized spacial score (nSPS) is 21.0. The Bertz CT molecular complexity index is 831. The third-order valence-electron chi connectivity index (χ3n) is 6.52. The van der Waals surface area contributed by atoms with Gasteiger partial charge in [0.15, 0.2) is 0 Å². The molecule has 4 rings (SSSR count). The van der Waals surface area contributed by atoms with Crippen LogP contribution in [0.15, 0.2) is 24.3 Å². The molecule has 158 valence electrons. The molecule has 5 nitrogen and oxygen atoms in total. The average molecular weight is 417 g/mol. The predicted octanol–water partition coefficient (Wildman–Crippen LogP) is 3.56. The van der Waals surface area contributed by atoms with Crippen LogP contribution in [-0.4, -0.2) is 45.8 Å². The van der Waals surface area contributed by atoms with E-state index in [9.17, 15) is 4.79 Å². The number of benzene rings is 1. The van der Waals surface area contributed by atoms with Crippen molar-refractivity contribution in [2.24, 2.45) is 0 Å². The zero-order valence-corrected chi connectivity index (χ0v) is 18.6. The fourth-order valence-corrected chi connectivity index (χ4v) is 4.87. The van der Waals surface area contributed by atoms with Crippen LogP contribution >= 0.6 is 12.4 Å². The van der Waals surface area contributed by atoms with Gasteiger partial charge in [0.2, 0.25) is 5.91 Å². The summed E-state index contributed by atoms with van der Waals surface area (Å²) >= 11 is 0. The van der Waals surface area contributed by atoms with E-state index in [4.69, 9.17) is 5.10 Å². The number of hydrogen-bond donors (Lipinski definition) is 1. The minimum atomic E-state index is 0. The van der Waals surface area contributed by atoms with Crippen molar-refractivity contribution in [3.63, 3.8) is 0 Å². The minimum absolute atomic E-state index is 0. The monoisotopic (exact) mass is 416 g/mol. The Hall–Kier alpha value is -1.85. The Morgan fingerprint density at radius 1 is 1.10 bits per heavy atom. The van der Waals surface area contributed by atoms with Crippen molar-refractivity contribution in [1.82, 2.24) is 20.0 Å². The van der Waals surface area contributed by atoms with Crippen molar-refractivity contribution in [2.75, 3.05) is 13.1 Å². The van der Waals surface area contributed by atoms with Crippen LogP contribution < -0.4 is 5.32 Å². The molecular formula is C23H33ClN4O. The number of aromatic nitrogens is 2. The van der Waals surface area contributed by atoms with E-state index in [0.29, 0.717) is 24.4 Å². The molecule has 29 heavy (non-hydrogen) atoms. The van der Waals surface area contributed by atoms with Gasteiger partial charge < -0.3 is 10.2 Å². The lowest BCUT2D eigenvalue weighted by molar-refractivity contribution is -0.133. The molecule has 2 fully saturated rings. The number of nitrogens with one attached hydrogen (secondary N) is 1. The predicted molar refractivity (Wildman–Crippen MR) is 119 cm³/mol. The maximum absolute atomic E-state index is 13.0. The van der Waals surface area contributed by atoms with E-state index in [1.54, 1.807) is 0 Å². The van der Waals surface area contributed by atoms with E-state index in [1.807, 2.05) is 0 Å². The molecule has 1 aromatic carbocycles. The smallest absolute Gasteiger partial charge is 0.223 e. The van der Waals surface area contributed by atoms with Gasteiger partial charge in [0.05, 0.1) is 12.2 Å². The van der Waals surface area contributed by atoms with Gasteiger partial charge in [0.25, 0.3) is 0 Å². The first-order valence-electron chi connectivity index (χ1n) is 10.6. The summed E-state index contributed by atoms with van der Waals surface area (Å²) in [5.41, 5.74) is 6.01. The van der Waals surface area contributed by atoms with E-state index in [0.717, 1.165) is 44.6 Å². The first-order valence-corrected chi connectivity index (χ1v) is 10.6. The molecule has 0 aliphatic carbocycles. The summed E-state index contributed by atoms with van der Waals surface area (Å²) < 4.78 is 2.08. The van der Waals surface area contributed by atoms with Crippen LogP contribution in [0.4, 0.5) is 0 Å². The molecule has 2 bridgehead atoms. The molecular weight excluding hydrogens is 384 g/mol. The molecule has 2 atom stereocenters. The van der Waals surface area contributed by atoms with Crippen molar-refractivity contribution < 1.29 is 4.79 Å². The lowest BCUT2D eigenvalue weighted by atomic mass is 10.1. The van der Waals surface area contributed by atoms with Gasteiger partial charge in [-0.2, -0.15) is 5.10 Å². The van der Waals surface area contributed by atoms with E-state index in [-0.39, 0.29) is 12.4 Å². The number of carbonyl (C=O) groups excluding carboxylic acids is 1. The SMILES string of the molecule is Cc1ccc(Cn2nc(C)c(CCC(=O)N3C4CCNCC3CC4)c2C)cc1.Cl. The zero-order chi connectivity index (χ0) is 19.7. The van der Waals surface area contributed by atoms with Crippen molar-refractivity contribution in [3.8, 4) is 0 Å². The average Bonchev–Trinajstić information content (AvgIpc) is 3.09. The Kier molecular flexibility index (Phi) is 7.01. The second-order valence-corrected chi connectivity index (χ2v) is 8.47. The van der Waals surface area contributed by atoms with E-state index in [1.165, 1.54) is 28.8 Å². The molecule has 0 saturated carbocycles. The second-order valence-electron chi connectivity index (χ2n) is 8.47. The summed E-state index contributed by atoms with van der Waals surface area (Å²) in [6.45, 7) is 9.08. The fraction of sp³-hybridized carbons (Fsp3) is 0.565. The number of fused-ring (bicyclic) bond motifs is 2. The lowest BCUT2D eigenvalue weighted by Gasteiger charge is -2.28. The van der Waals surface area contributed by atoms with Crippen molar-refractivity contribution >= 4 is 18.3 Å². The summed E-state index contributed by atoms with van der Waals surface area (Å²) in [6.07, 6.45) is 4.79. The number of carbonyl (C=O) groups is 1.